The molecule has 0 aliphatic carbocycles. The molecule has 0 bridgehead atoms. The first-order valence-electron chi connectivity index (χ1n) is 10.6. The third-order valence-electron chi connectivity index (χ3n) is 5.93. The molecule has 2 N–H and O–H groups in total. The Kier molecular flexibility index (Phi) is 5.11. The third kappa shape index (κ3) is 3.89. The topological polar surface area (TPSA) is 50.3 Å². The van der Waals surface area contributed by atoms with Crippen molar-refractivity contribution in [3.05, 3.63) is 90.0 Å². The van der Waals surface area contributed by atoms with E-state index in [1.54, 1.807) is 0 Å². The van der Waals surface area contributed by atoms with Crippen molar-refractivity contribution in [2.75, 3.05) is 36.8 Å². The maximum atomic E-state index is 6.24. The number of nitrogen functional groups attached to an aromatic ring is 1. The highest BCUT2D eigenvalue weighted by atomic mass is 15.3. The third-order valence-corrected chi connectivity index (χ3v) is 5.93. The van der Waals surface area contributed by atoms with Crippen molar-refractivity contribution in [2.45, 2.75) is 13.1 Å². The van der Waals surface area contributed by atoms with Gasteiger partial charge in [0.05, 0.1) is 17.6 Å². The van der Waals surface area contributed by atoms with Crippen LogP contribution in [0.15, 0.2) is 78.9 Å². The molecule has 5 nitrogen and oxygen atoms in total. The lowest BCUT2D eigenvalue weighted by Crippen LogP contribution is -2.45. The van der Waals surface area contributed by atoms with Crippen LogP contribution in [-0.2, 0) is 13.1 Å². The van der Waals surface area contributed by atoms with E-state index in [-0.39, 0.29) is 0 Å². The summed E-state index contributed by atoms with van der Waals surface area (Å²) in [5, 5.41) is 0. The summed E-state index contributed by atoms with van der Waals surface area (Å²) in [5.41, 5.74) is 12.1. The van der Waals surface area contributed by atoms with Gasteiger partial charge < -0.3 is 15.2 Å². The summed E-state index contributed by atoms with van der Waals surface area (Å²) in [6, 6.07) is 27.6. The number of rotatable bonds is 5. The molecule has 2 heterocycles. The van der Waals surface area contributed by atoms with Crippen LogP contribution in [0.1, 0.15) is 11.1 Å². The van der Waals surface area contributed by atoms with Gasteiger partial charge in [-0.3, -0.25) is 4.90 Å². The van der Waals surface area contributed by atoms with Gasteiger partial charge in [-0.05, 0) is 35.4 Å². The minimum Gasteiger partial charge on any atom is -0.369 e. The first-order chi connectivity index (χ1) is 14.8. The normalized spacial score (nSPS) is 15.0. The maximum absolute atomic E-state index is 6.24. The van der Waals surface area contributed by atoms with Crippen molar-refractivity contribution >= 4 is 22.7 Å². The predicted molar refractivity (Wildman–Crippen MR) is 124 cm³/mol. The molecule has 0 amide bonds. The second kappa shape index (κ2) is 8.20. The van der Waals surface area contributed by atoms with Crippen LogP contribution in [0.4, 0.5) is 11.6 Å². The average molecular weight is 398 g/mol. The van der Waals surface area contributed by atoms with Crippen molar-refractivity contribution < 1.29 is 0 Å². The Bertz CT molecular complexity index is 1110. The largest absolute Gasteiger partial charge is 0.369 e. The molecule has 1 aliphatic heterocycles. The average Bonchev–Trinajstić information content (AvgIpc) is 3.10. The van der Waals surface area contributed by atoms with E-state index in [1.807, 2.05) is 6.07 Å². The summed E-state index contributed by atoms with van der Waals surface area (Å²) >= 11 is 0. The summed E-state index contributed by atoms with van der Waals surface area (Å²) in [6.07, 6.45) is 0. The Labute approximate surface area is 177 Å². The number of aromatic nitrogens is 2. The van der Waals surface area contributed by atoms with Crippen molar-refractivity contribution in [1.82, 2.24) is 14.5 Å². The number of nitrogens with zero attached hydrogens (tertiary/aromatic N) is 4. The zero-order valence-corrected chi connectivity index (χ0v) is 17.1. The molecule has 30 heavy (non-hydrogen) atoms. The second-order valence-corrected chi connectivity index (χ2v) is 7.96. The minimum absolute atomic E-state index is 0.572. The molecule has 152 valence electrons. The van der Waals surface area contributed by atoms with Crippen LogP contribution < -0.4 is 10.6 Å². The van der Waals surface area contributed by atoms with Gasteiger partial charge in [-0.25, -0.2) is 4.98 Å². The van der Waals surface area contributed by atoms with E-state index in [9.17, 15) is 0 Å². The summed E-state index contributed by atoms with van der Waals surface area (Å²) < 4.78 is 2.09. The van der Waals surface area contributed by atoms with E-state index in [1.165, 1.54) is 16.8 Å². The van der Waals surface area contributed by atoms with E-state index in [2.05, 4.69) is 92.1 Å². The Morgan fingerprint density at radius 1 is 0.733 bits per heavy atom. The van der Waals surface area contributed by atoms with Gasteiger partial charge in [0.25, 0.3) is 0 Å². The van der Waals surface area contributed by atoms with Crippen molar-refractivity contribution in [1.29, 1.82) is 0 Å². The first-order valence-corrected chi connectivity index (χ1v) is 10.6. The molecule has 0 unspecified atom stereocenters. The molecule has 5 rings (SSSR count). The van der Waals surface area contributed by atoms with Crippen molar-refractivity contribution in [3.8, 4) is 0 Å². The number of hydrogen-bond donors (Lipinski definition) is 1. The van der Waals surface area contributed by atoms with Crippen LogP contribution in [0.2, 0.25) is 0 Å². The Hall–Kier alpha value is -3.31. The number of benzene rings is 3. The van der Waals surface area contributed by atoms with Crippen molar-refractivity contribution in [2.24, 2.45) is 0 Å². The van der Waals surface area contributed by atoms with E-state index in [0.29, 0.717) is 5.95 Å². The van der Waals surface area contributed by atoms with Gasteiger partial charge >= 0.3 is 0 Å². The fourth-order valence-electron chi connectivity index (χ4n) is 4.29. The van der Waals surface area contributed by atoms with E-state index < -0.39 is 0 Å². The summed E-state index contributed by atoms with van der Waals surface area (Å²) in [4.78, 5) is 9.61. The molecule has 0 spiro atoms. The SMILES string of the molecule is Nc1nc2cc(CN3CCN(c4ccccc4)CC3)ccc2n1Cc1ccccc1. The van der Waals surface area contributed by atoms with Gasteiger partial charge in [0, 0.05) is 38.4 Å². The standard InChI is InChI=1S/C25H27N5/c26-25-27-23-17-21(11-12-24(23)30(25)19-20-7-3-1-4-8-20)18-28-13-15-29(16-14-28)22-9-5-2-6-10-22/h1-12,17H,13-16,18-19H2,(H2,26,27). The molecule has 3 aromatic carbocycles. The molecular weight excluding hydrogens is 370 g/mol. The fraction of sp³-hybridized carbons (Fsp3) is 0.240. The molecular formula is C25H27N5. The smallest absolute Gasteiger partial charge is 0.201 e. The lowest BCUT2D eigenvalue weighted by atomic mass is 10.1. The van der Waals surface area contributed by atoms with Crippen LogP contribution >= 0.6 is 0 Å². The summed E-state index contributed by atoms with van der Waals surface area (Å²) in [5.74, 6) is 0.572. The Balaban J connectivity index is 1.27. The molecule has 0 atom stereocenters. The number of anilines is 2. The summed E-state index contributed by atoms with van der Waals surface area (Å²) in [6.45, 7) is 5.94. The van der Waals surface area contributed by atoms with Gasteiger partial charge in [-0.2, -0.15) is 0 Å². The quantitative estimate of drug-likeness (QED) is 0.553. The van der Waals surface area contributed by atoms with Crippen LogP contribution in [0.5, 0.6) is 0 Å². The molecule has 0 radical (unpaired) electrons. The van der Waals surface area contributed by atoms with E-state index in [0.717, 1.165) is 50.3 Å². The Morgan fingerprint density at radius 2 is 1.43 bits per heavy atom. The molecule has 0 saturated carbocycles. The zero-order chi connectivity index (χ0) is 20.3. The van der Waals surface area contributed by atoms with E-state index >= 15 is 0 Å². The Morgan fingerprint density at radius 3 is 2.17 bits per heavy atom. The molecule has 1 aliphatic rings. The number of nitrogens with two attached hydrogens (primary N) is 1. The predicted octanol–water partition coefficient (Wildman–Crippen LogP) is 3.99. The molecule has 5 heteroatoms. The van der Waals surface area contributed by atoms with Crippen LogP contribution in [0.25, 0.3) is 11.0 Å². The highest BCUT2D eigenvalue weighted by Crippen LogP contribution is 2.22. The van der Waals surface area contributed by atoms with Crippen LogP contribution in [0, 0.1) is 0 Å². The van der Waals surface area contributed by atoms with Crippen LogP contribution in [-0.4, -0.2) is 40.6 Å². The highest BCUT2D eigenvalue weighted by molar-refractivity contribution is 5.79. The first kappa shape index (κ1) is 18.7. The fourth-order valence-corrected chi connectivity index (χ4v) is 4.29. The molecule has 1 aromatic heterocycles. The number of hydrogen-bond acceptors (Lipinski definition) is 4. The number of fused-ring (bicyclic) bond motifs is 1. The molecule has 4 aromatic rings. The van der Waals surface area contributed by atoms with Gasteiger partial charge in [-0.15, -0.1) is 0 Å². The summed E-state index contributed by atoms with van der Waals surface area (Å²) in [7, 11) is 0. The molecule has 1 saturated heterocycles. The monoisotopic (exact) mass is 397 g/mol. The lowest BCUT2D eigenvalue weighted by Gasteiger charge is -2.36. The van der Waals surface area contributed by atoms with Gasteiger partial charge in [0.15, 0.2) is 0 Å². The zero-order valence-electron chi connectivity index (χ0n) is 17.1. The van der Waals surface area contributed by atoms with Crippen LogP contribution in [0.3, 0.4) is 0 Å². The van der Waals surface area contributed by atoms with Gasteiger partial charge in [0.1, 0.15) is 0 Å². The number of para-hydroxylation sites is 1. The molecule has 1 fully saturated rings. The van der Waals surface area contributed by atoms with Gasteiger partial charge in [0.2, 0.25) is 5.95 Å². The minimum atomic E-state index is 0.572. The van der Waals surface area contributed by atoms with E-state index in [4.69, 9.17) is 5.73 Å². The highest BCUT2D eigenvalue weighted by Gasteiger charge is 2.18. The number of imidazole rings is 1. The van der Waals surface area contributed by atoms with Gasteiger partial charge in [-0.1, -0.05) is 54.6 Å². The lowest BCUT2D eigenvalue weighted by molar-refractivity contribution is 0.250. The van der Waals surface area contributed by atoms with Crippen molar-refractivity contribution in [3.63, 3.8) is 0 Å². The maximum Gasteiger partial charge on any atom is 0.201 e. The second-order valence-electron chi connectivity index (χ2n) is 7.96. The number of piperazine rings is 1.